The molecule has 11 nitrogen and oxygen atoms in total. The van der Waals surface area contributed by atoms with Crippen molar-refractivity contribution in [2.45, 2.75) is 111 Å². The third-order valence-electron chi connectivity index (χ3n) is 9.58. The van der Waals surface area contributed by atoms with Gasteiger partial charge in [0.1, 0.15) is 17.3 Å². The minimum absolute atomic E-state index is 0.166. The first kappa shape index (κ1) is 58.3. The van der Waals surface area contributed by atoms with Crippen LogP contribution >= 0.6 is 11.8 Å². The maximum absolute atomic E-state index is 12.3. The van der Waals surface area contributed by atoms with Crippen LogP contribution in [0.2, 0.25) is 0 Å². The number of carbonyl (C=O) groups is 3. The highest BCUT2D eigenvalue weighted by molar-refractivity contribution is 7.99. The number of primary amides is 1. The number of halogens is 1. The van der Waals surface area contributed by atoms with Gasteiger partial charge < -0.3 is 34.5 Å². The van der Waals surface area contributed by atoms with E-state index in [0.29, 0.717) is 54.4 Å². The normalized spacial score (nSPS) is 12.3. The molecule has 13 heteroatoms. The number of hydrogen-bond donors (Lipinski definition) is 1. The summed E-state index contributed by atoms with van der Waals surface area (Å²) in [5.74, 6) is 3.93. The number of thioether (sulfide) groups is 1. The number of hydrogen-bond acceptors (Lipinski definition) is 8. The van der Waals surface area contributed by atoms with Crippen molar-refractivity contribution in [2.75, 3.05) is 58.9 Å². The van der Waals surface area contributed by atoms with Gasteiger partial charge in [0.15, 0.2) is 11.5 Å². The molecular weight excluding hydrogens is 856 g/mol. The van der Waals surface area contributed by atoms with Gasteiger partial charge in [-0.3, -0.25) is 14.4 Å². The molecule has 0 bridgehead atoms. The Labute approximate surface area is 399 Å². The lowest BCUT2D eigenvalue weighted by molar-refractivity contribution is -0.132. The molecule has 0 unspecified atom stereocenters. The molecule has 0 aromatic heterocycles. The fourth-order valence-corrected chi connectivity index (χ4v) is 7.06. The number of methoxy groups -OCH3 is 1. The van der Waals surface area contributed by atoms with Gasteiger partial charge in [-0.2, -0.15) is 0 Å². The molecule has 66 heavy (non-hydrogen) atoms. The highest BCUT2D eigenvalue weighted by Gasteiger charge is 2.15. The van der Waals surface area contributed by atoms with Crippen molar-refractivity contribution in [2.24, 2.45) is 5.73 Å². The summed E-state index contributed by atoms with van der Waals surface area (Å²) in [6.45, 7) is 24.5. The average Bonchev–Trinajstić information content (AvgIpc) is 3.35. The third-order valence-corrected chi connectivity index (χ3v) is 10.5. The average molecular weight is 931 g/mol. The lowest BCUT2D eigenvalue weighted by atomic mass is 10.1. The molecule has 0 spiro atoms. The Morgan fingerprint density at radius 3 is 1.47 bits per heavy atom. The van der Waals surface area contributed by atoms with Crippen molar-refractivity contribution in [3.63, 3.8) is 0 Å². The van der Waals surface area contributed by atoms with Crippen molar-refractivity contribution < 1.29 is 37.7 Å². The van der Waals surface area contributed by atoms with Crippen LogP contribution in [0.25, 0.3) is 4.85 Å². The summed E-state index contributed by atoms with van der Waals surface area (Å²) in [7, 11) is 1.64. The molecule has 362 valence electrons. The van der Waals surface area contributed by atoms with E-state index < -0.39 is 5.91 Å². The van der Waals surface area contributed by atoms with Gasteiger partial charge in [0.2, 0.25) is 17.5 Å². The minimum atomic E-state index is -0.459. The Bertz CT molecular complexity index is 1920. The predicted molar refractivity (Wildman–Crippen MR) is 268 cm³/mol. The minimum Gasteiger partial charge on any atom is -0.505 e. The summed E-state index contributed by atoms with van der Waals surface area (Å²) < 4.78 is 33.1. The second kappa shape index (κ2) is 37.5. The SMILES string of the molecule is CCCC(=O)N1CCCCC1.CCCC(=O)N1CCCCC1.CCOc1ccccc1C(N)=O.CCOc1ccccc1OC.CCSc1ccc(F)cc1.[C-]#[N+]c1ccccc1OCC. The van der Waals surface area contributed by atoms with E-state index >= 15 is 0 Å². The summed E-state index contributed by atoms with van der Waals surface area (Å²) in [4.78, 5) is 41.9. The fourth-order valence-electron chi connectivity index (χ4n) is 6.40. The van der Waals surface area contributed by atoms with E-state index in [2.05, 4.69) is 25.6 Å². The van der Waals surface area contributed by atoms with Crippen molar-refractivity contribution in [1.29, 1.82) is 0 Å². The second-order valence-corrected chi connectivity index (χ2v) is 16.0. The fraction of sp³-hybridized carbons (Fsp3) is 0.472. The molecule has 2 aliphatic rings. The second-order valence-electron chi connectivity index (χ2n) is 14.7. The lowest BCUT2D eigenvalue weighted by Crippen LogP contribution is -2.35. The molecule has 2 saturated heterocycles. The monoisotopic (exact) mass is 931 g/mol. The summed E-state index contributed by atoms with van der Waals surface area (Å²) in [5, 5.41) is 0. The van der Waals surface area contributed by atoms with Crippen molar-refractivity contribution in [1.82, 2.24) is 9.80 Å². The molecule has 4 aromatic carbocycles. The molecule has 2 fully saturated rings. The van der Waals surface area contributed by atoms with Gasteiger partial charge in [0.25, 0.3) is 5.91 Å². The molecule has 2 heterocycles. The molecule has 0 saturated carbocycles. The van der Waals surface area contributed by atoms with Crippen LogP contribution in [0.15, 0.2) is 102 Å². The zero-order valence-corrected chi connectivity index (χ0v) is 41.3. The summed E-state index contributed by atoms with van der Waals surface area (Å²) in [6.07, 6.45) is 10.9. The van der Waals surface area contributed by atoms with Gasteiger partial charge in [-0.15, -0.1) is 11.8 Å². The predicted octanol–water partition coefficient (Wildman–Crippen LogP) is 12.4. The van der Waals surface area contributed by atoms with Gasteiger partial charge in [-0.1, -0.05) is 63.2 Å². The Balaban J connectivity index is 0.000000396. The maximum Gasteiger partial charge on any atom is 0.252 e. The van der Waals surface area contributed by atoms with Crippen LogP contribution in [-0.4, -0.2) is 86.4 Å². The topological polar surface area (TPSA) is 125 Å². The molecule has 2 N–H and O–H groups in total. The number of rotatable bonds is 14. The number of carbonyl (C=O) groups excluding carboxylic acids is 3. The number of amides is 3. The number of piperidine rings is 2. The van der Waals surface area contributed by atoms with E-state index in [-0.39, 0.29) is 5.82 Å². The Morgan fingerprint density at radius 1 is 0.606 bits per heavy atom. The van der Waals surface area contributed by atoms with Gasteiger partial charge in [-0.05, 0) is 132 Å². The van der Waals surface area contributed by atoms with E-state index in [9.17, 15) is 18.8 Å². The van der Waals surface area contributed by atoms with Crippen LogP contribution in [0.4, 0.5) is 10.1 Å². The largest absolute Gasteiger partial charge is 0.505 e. The van der Waals surface area contributed by atoms with Gasteiger partial charge in [0.05, 0.1) is 39.1 Å². The van der Waals surface area contributed by atoms with E-state index in [1.807, 2.05) is 67.0 Å². The number of likely N-dealkylation sites (tertiary alicyclic amines) is 2. The van der Waals surface area contributed by atoms with Crippen LogP contribution in [0, 0.1) is 12.4 Å². The molecule has 3 amide bonds. The van der Waals surface area contributed by atoms with Crippen molar-refractivity contribution in [3.8, 4) is 23.0 Å². The maximum atomic E-state index is 12.3. The van der Waals surface area contributed by atoms with E-state index in [1.54, 1.807) is 67.4 Å². The van der Waals surface area contributed by atoms with E-state index in [1.165, 1.54) is 50.7 Å². The lowest BCUT2D eigenvalue weighted by Gasteiger charge is -2.26. The van der Waals surface area contributed by atoms with Crippen LogP contribution in [-0.2, 0) is 9.59 Å². The number of nitrogens with zero attached hydrogens (tertiary/aromatic N) is 3. The Hall–Kier alpha value is -5.74. The van der Waals surface area contributed by atoms with Gasteiger partial charge >= 0.3 is 0 Å². The van der Waals surface area contributed by atoms with Crippen LogP contribution in [0.3, 0.4) is 0 Å². The zero-order chi connectivity index (χ0) is 48.8. The zero-order valence-electron chi connectivity index (χ0n) is 40.5. The van der Waals surface area contributed by atoms with Crippen LogP contribution in [0.5, 0.6) is 23.0 Å². The molecular formula is C53H75FN4O7S. The first-order valence-corrected chi connectivity index (χ1v) is 24.3. The van der Waals surface area contributed by atoms with Crippen LogP contribution < -0.4 is 24.7 Å². The summed E-state index contributed by atoms with van der Waals surface area (Å²) in [6, 6.07) is 28.3. The quantitative estimate of drug-likeness (QED) is 0.0979. The summed E-state index contributed by atoms with van der Waals surface area (Å²) >= 11 is 1.72. The third kappa shape index (κ3) is 25.1. The molecule has 6 rings (SSSR count). The number of para-hydroxylation sites is 5. The molecule has 2 aliphatic heterocycles. The Kier molecular flexibility index (Phi) is 33.1. The van der Waals surface area contributed by atoms with E-state index in [0.717, 1.165) is 74.0 Å². The first-order chi connectivity index (χ1) is 32.0. The van der Waals surface area contributed by atoms with Gasteiger partial charge in [0, 0.05) is 43.9 Å². The number of benzene rings is 4. The number of nitrogens with two attached hydrogens (primary N) is 1. The standard InChI is InChI=1S/C9H11NO2.C9H9NO.2C9H17NO.C9H12O2.C8H9FS/c1-2-12-8-6-4-3-5-7(8)9(10)11;1-3-11-9-7-5-4-6-8(9)10-2;2*1-2-6-9(11)10-7-4-3-5-8-10;1-3-11-9-7-5-4-6-8(9)10-2;1-2-10-8-5-3-7(9)4-6-8/h3-6H,2H2,1H3,(H2,10,11);4-7H,3H2,1H3;2*2-8H2,1H3;4-7H,3H2,1-2H3;3-6H,2H2,1H3. The smallest absolute Gasteiger partial charge is 0.252 e. The highest BCUT2D eigenvalue weighted by Crippen LogP contribution is 2.27. The molecule has 0 radical (unpaired) electrons. The molecule has 0 aliphatic carbocycles. The summed E-state index contributed by atoms with van der Waals surface area (Å²) in [5.41, 5.74) is 6.13. The first-order valence-electron chi connectivity index (χ1n) is 23.3. The van der Waals surface area contributed by atoms with Crippen molar-refractivity contribution in [3.05, 3.63) is 120 Å². The Morgan fingerprint density at radius 2 is 1.03 bits per heavy atom. The van der Waals surface area contributed by atoms with E-state index in [4.69, 9.17) is 31.3 Å². The van der Waals surface area contributed by atoms with Crippen molar-refractivity contribution >= 4 is 35.2 Å². The molecule has 4 aromatic rings. The number of ether oxygens (including phenoxy) is 4. The van der Waals surface area contributed by atoms with Crippen LogP contribution in [0.1, 0.15) is 116 Å². The van der Waals surface area contributed by atoms with Gasteiger partial charge in [-0.25, -0.2) is 9.24 Å². The highest BCUT2D eigenvalue weighted by atomic mass is 32.2. The molecule has 0 atom stereocenters.